The fraction of sp³-hybridized carbons (Fsp3) is 0.733. The third kappa shape index (κ3) is 7.33. The second-order valence-electron chi connectivity index (χ2n) is 5.94. The van der Waals surface area contributed by atoms with E-state index in [-0.39, 0.29) is 5.92 Å². The third-order valence-corrected chi connectivity index (χ3v) is 3.86. The molecule has 150 valence electrons. The molecule has 5 atom stereocenters. The lowest BCUT2D eigenvalue weighted by atomic mass is 9.98. The molecular weight excluding hydrogens is 348 g/mol. The second-order valence-corrected chi connectivity index (χ2v) is 5.94. The van der Waals surface area contributed by atoms with Gasteiger partial charge in [0.25, 0.3) is 0 Å². The highest BCUT2D eigenvalue weighted by molar-refractivity contribution is 5.94. The van der Waals surface area contributed by atoms with Crippen LogP contribution in [0.5, 0.6) is 0 Å². The molecular formula is C15H28N4O7. The van der Waals surface area contributed by atoms with Crippen LogP contribution in [0.4, 0.5) is 0 Å². The first kappa shape index (κ1) is 23.8. The molecule has 5 unspecified atom stereocenters. The van der Waals surface area contributed by atoms with Crippen molar-refractivity contribution in [1.82, 2.24) is 16.0 Å². The molecule has 0 radical (unpaired) electrons. The number of amides is 3. The van der Waals surface area contributed by atoms with Gasteiger partial charge in [0.2, 0.25) is 17.7 Å². The molecule has 3 amide bonds. The van der Waals surface area contributed by atoms with E-state index in [1.54, 1.807) is 13.8 Å². The minimum absolute atomic E-state index is 0.379. The Hall–Kier alpha value is -2.24. The van der Waals surface area contributed by atoms with Crippen molar-refractivity contribution in [3.05, 3.63) is 0 Å². The number of aliphatic hydroxyl groups is 2. The van der Waals surface area contributed by atoms with Crippen molar-refractivity contribution in [3.8, 4) is 0 Å². The topological polar surface area (TPSA) is 191 Å². The van der Waals surface area contributed by atoms with Gasteiger partial charge in [-0.1, -0.05) is 20.3 Å². The molecule has 0 aromatic rings. The molecule has 0 heterocycles. The summed E-state index contributed by atoms with van der Waals surface area (Å²) < 4.78 is 0. The standard InChI is InChI=1S/C15H28N4O7/c1-4-7(2)11(15(25)26)18-14(24)12(8(3)21)19-13(23)9(6-20)17-10(22)5-16/h7-9,11-12,20-21H,4-6,16H2,1-3H3,(H,17,22)(H,18,24)(H,19,23)(H,25,26). The first-order valence-corrected chi connectivity index (χ1v) is 8.20. The number of aliphatic hydroxyl groups excluding tert-OH is 2. The zero-order chi connectivity index (χ0) is 20.4. The molecule has 0 saturated heterocycles. The summed E-state index contributed by atoms with van der Waals surface area (Å²) in [6.45, 7) is 3.47. The van der Waals surface area contributed by atoms with Crippen LogP contribution in [0, 0.1) is 5.92 Å². The van der Waals surface area contributed by atoms with Crippen molar-refractivity contribution in [2.24, 2.45) is 11.7 Å². The Labute approximate surface area is 151 Å². The molecule has 11 heteroatoms. The highest BCUT2D eigenvalue weighted by atomic mass is 16.4. The lowest BCUT2D eigenvalue weighted by Gasteiger charge is -2.27. The summed E-state index contributed by atoms with van der Waals surface area (Å²) >= 11 is 0. The van der Waals surface area contributed by atoms with Crippen molar-refractivity contribution in [3.63, 3.8) is 0 Å². The van der Waals surface area contributed by atoms with Gasteiger partial charge in [-0.25, -0.2) is 4.79 Å². The van der Waals surface area contributed by atoms with E-state index >= 15 is 0 Å². The van der Waals surface area contributed by atoms with E-state index < -0.39 is 61.1 Å². The summed E-state index contributed by atoms with van der Waals surface area (Å²) in [7, 11) is 0. The number of carboxylic acid groups (broad SMARTS) is 1. The monoisotopic (exact) mass is 376 g/mol. The highest BCUT2D eigenvalue weighted by Gasteiger charge is 2.33. The third-order valence-electron chi connectivity index (χ3n) is 3.86. The van der Waals surface area contributed by atoms with E-state index in [1.807, 2.05) is 0 Å². The number of nitrogens with one attached hydrogen (secondary N) is 3. The maximum absolute atomic E-state index is 12.3. The van der Waals surface area contributed by atoms with Gasteiger partial charge in [0.15, 0.2) is 0 Å². The number of hydrogen-bond acceptors (Lipinski definition) is 7. The minimum Gasteiger partial charge on any atom is -0.480 e. The van der Waals surface area contributed by atoms with Gasteiger partial charge in [-0.3, -0.25) is 14.4 Å². The zero-order valence-electron chi connectivity index (χ0n) is 15.1. The lowest BCUT2D eigenvalue weighted by molar-refractivity contribution is -0.144. The maximum Gasteiger partial charge on any atom is 0.326 e. The summed E-state index contributed by atoms with van der Waals surface area (Å²) in [5.41, 5.74) is 5.11. The first-order valence-electron chi connectivity index (χ1n) is 8.20. The van der Waals surface area contributed by atoms with E-state index in [0.29, 0.717) is 6.42 Å². The van der Waals surface area contributed by atoms with Gasteiger partial charge in [0.1, 0.15) is 18.1 Å². The zero-order valence-corrected chi connectivity index (χ0v) is 15.1. The summed E-state index contributed by atoms with van der Waals surface area (Å²) in [4.78, 5) is 47.0. The number of hydrogen-bond donors (Lipinski definition) is 7. The molecule has 0 spiro atoms. The molecule has 0 rings (SSSR count). The summed E-state index contributed by atoms with van der Waals surface area (Å²) in [5.74, 6) is -4.14. The van der Waals surface area contributed by atoms with Gasteiger partial charge in [0, 0.05) is 0 Å². The van der Waals surface area contributed by atoms with E-state index in [2.05, 4.69) is 16.0 Å². The quantitative estimate of drug-likeness (QED) is 0.197. The molecule has 0 saturated carbocycles. The molecule has 0 bridgehead atoms. The van der Waals surface area contributed by atoms with Crippen LogP contribution in [-0.2, 0) is 19.2 Å². The fourth-order valence-electron chi connectivity index (χ4n) is 2.03. The van der Waals surface area contributed by atoms with Crippen molar-refractivity contribution >= 4 is 23.7 Å². The Balaban J connectivity index is 5.16. The minimum atomic E-state index is -1.47. The van der Waals surface area contributed by atoms with Gasteiger partial charge >= 0.3 is 5.97 Å². The number of nitrogens with two attached hydrogens (primary N) is 1. The summed E-state index contributed by atoms with van der Waals surface area (Å²) in [6.07, 6.45) is -0.865. The molecule has 0 aromatic carbocycles. The predicted molar refractivity (Wildman–Crippen MR) is 90.7 cm³/mol. The van der Waals surface area contributed by atoms with Crippen LogP contribution in [0.15, 0.2) is 0 Å². The van der Waals surface area contributed by atoms with Gasteiger partial charge in [-0.2, -0.15) is 0 Å². The number of carbonyl (C=O) groups excluding carboxylic acids is 3. The van der Waals surface area contributed by atoms with Crippen molar-refractivity contribution in [2.45, 2.75) is 51.4 Å². The fourth-order valence-corrected chi connectivity index (χ4v) is 2.03. The maximum atomic E-state index is 12.3. The van der Waals surface area contributed by atoms with Gasteiger partial charge in [-0.15, -0.1) is 0 Å². The molecule has 0 aliphatic rings. The second kappa shape index (κ2) is 11.4. The van der Waals surface area contributed by atoms with Crippen LogP contribution in [0.1, 0.15) is 27.2 Å². The molecule has 8 N–H and O–H groups in total. The molecule has 0 aromatic heterocycles. The van der Waals surface area contributed by atoms with Crippen molar-refractivity contribution in [1.29, 1.82) is 0 Å². The van der Waals surface area contributed by atoms with Gasteiger partial charge < -0.3 is 37.0 Å². The Morgan fingerprint density at radius 3 is 1.92 bits per heavy atom. The number of carboxylic acids is 1. The van der Waals surface area contributed by atoms with Crippen LogP contribution in [-0.4, -0.2) is 76.4 Å². The van der Waals surface area contributed by atoms with Crippen molar-refractivity contribution < 1.29 is 34.5 Å². The van der Waals surface area contributed by atoms with Gasteiger partial charge in [0.05, 0.1) is 19.3 Å². The van der Waals surface area contributed by atoms with Crippen molar-refractivity contribution in [2.75, 3.05) is 13.2 Å². The number of carbonyl (C=O) groups is 4. The van der Waals surface area contributed by atoms with E-state index in [0.717, 1.165) is 0 Å². The molecule has 11 nitrogen and oxygen atoms in total. The molecule has 0 fully saturated rings. The molecule has 26 heavy (non-hydrogen) atoms. The van der Waals surface area contributed by atoms with Crippen LogP contribution in [0.3, 0.4) is 0 Å². The highest BCUT2D eigenvalue weighted by Crippen LogP contribution is 2.09. The van der Waals surface area contributed by atoms with Crippen LogP contribution >= 0.6 is 0 Å². The number of rotatable bonds is 11. The predicted octanol–water partition coefficient (Wildman–Crippen LogP) is -3.10. The Kier molecular flexibility index (Phi) is 10.4. The summed E-state index contributed by atoms with van der Waals surface area (Å²) in [6, 6.07) is -4.04. The molecule has 0 aliphatic heterocycles. The van der Waals surface area contributed by atoms with Crippen LogP contribution in [0.25, 0.3) is 0 Å². The average molecular weight is 376 g/mol. The van der Waals surface area contributed by atoms with Crippen LogP contribution < -0.4 is 21.7 Å². The normalized spacial score (nSPS) is 16.5. The Bertz CT molecular complexity index is 512. The Morgan fingerprint density at radius 2 is 1.54 bits per heavy atom. The summed E-state index contributed by atoms with van der Waals surface area (Å²) in [5, 5.41) is 34.8. The SMILES string of the molecule is CCC(C)C(NC(=O)C(NC(=O)C(CO)NC(=O)CN)C(C)O)C(=O)O. The van der Waals surface area contributed by atoms with E-state index in [9.17, 15) is 34.5 Å². The lowest BCUT2D eigenvalue weighted by Crippen LogP contribution is -2.60. The van der Waals surface area contributed by atoms with Crippen LogP contribution in [0.2, 0.25) is 0 Å². The number of aliphatic carboxylic acids is 1. The van der Waals surface area contributed by atoms with Gasteiger partial charge in [-0.05, 0) is 12.8 Å². The Morgan fingerprint density at radius 1 is 1.00 bits per heavy atom. The van der Waals surface area contributed by atoms with E-state index in [1.165, 1.54) is 6.92 Å². The smallest absolute Gasteiger partial charge is 0.326 e. The average Bonchev–Trinajstić information content (AvgIpc) is 2.59. The van der Waals surface area contributed by atoms with E-state index in [4.69, 9.17) is 5.73 Å². The largest absolute Gasteiger partial charge is 0.480 e. The first-order chi connectivity index (χ1) is 12.1. The molecule has 0 aliphatic carbocycles.